The van der Waals surface area contributed by atoms with Crippen molar-refractivity contribution < 1.29 is 14.6 Å². The van der Waals surface area contributed by atoms with Crippen LogP contribution in [-0.4, -0.2) is 24.3 Å². The maximum Gasteiger partial charge on any atom is 0.303 e. The fourth-order valence-corrected chi connectivity index (χ4v) is 3.72. The molecule has 1 aliphatic rings. The number of rotatable bonds is 19. The molecule has 1 heterocycles. The summed E-state index contributed by atoms with van der Waals surface area (Å²) in [6, 6.07) is 0. The zero-order valence-corrected chi connectivity index (χ0v) is 18.5. The van der Waals surface area contributed by atoms with E-state index in [-0.39, 0.29) is 6.42 Å². The minimum absolute atomic E-state index is 0.281. The fraction of sp³-hybridized carbons (Fsp3) is 0.720. The molecule has 0 fully saturated rings. The highest BCUT2D eigenvalue weighted by Crippen LogP contribution is 2.23. The van der Waals surface area contributed by atoms with Gasteiger partial charge in [-0.3, -0.25) is 4.79 Å². The summed E-state index contributed by atoms with van der Waals surface area (Å²) in [5, 5.41) is 12.2. The molecule has 0 aromatic carbocycles. The molecular formula is C25H43NO3. The Morgan fingerprint density at radius 1 is 0.897 bits per heavy atom. The molecule has 0 amide bonds. The quantitative estimate of drug-likeness (QED) is 0.234. The van der Waals surface area contributed by atoms with Crippen molar-refractivity contribution >= 4 is 5.97 Å². The van der Waals surface area contributed by atoms with Gasteiger partial charge in [0, 0.05) is 31.5 Å². The number of aliphatic carboxylic acids is 1. The number of unbranched alkanes of at least 4 members (excludes halogenated alkanes) is 8. The molecule has 29 heavy (non-hydrogen) atoms. The third-order valence-electron chi connectivity index (χ3n) is 5.46. The van der Waals surface area contributed by atoms with Gasteiger partial charge in [-0.2, -0.15) is 0 Å². The normalized spacial score (nSPS) is 14.3. The van der Waals surface area contributed by atoms with Gasteiger partial charge in [-0.25, -0.2) is 0 Å². The second kappa shape index (κ2) is 18.5. The number of hydrogen-bond acceptors (Lipinski definition) is 3. The van der Waals surface area contributed by atoms with E-state index in [2.05, 4.69) is 24.4 Å². The van der Waals surface area contributed by atoms with Crippen LogP contribution < -0.4 is 5.32 Å². The van der Waals surface area contributed by atoms with Gasteiger partial charge < -0.3 is 15.2 Å². The Morgan fingerprint density at radius 3 is 2.38 bits per heavy atom. The predicted octanol–water partition coefficient (Wildman–Crippen LogP) is 6.74. The fourth-order valence-electron chi connectivity index (χ4n) is 3.72. The van der Waals surface area contributed by atoms with Crippen molar-refractivity contribution in [2.45, 2.75) is 96.8 Å². The molecule has 0 spiro atoms. The lowest BCUT2D eigenvalue weighted by atomic mass is 9.92. The Bertz CT molecular complexity index is 496. The second-order valence-corrected chi connectivity index (χ2v) is 8.08. The largest absolute Gasteiger partial charge is 0.481 e. The first kappa shape index (κ1) is 25.5. The summed E-state index contributed by atoms with van der Waals surface area (Å²) in [5.41, 5.74) is 1.26. The third kappa shape index (κ3) is 15.0. The van der Waals surface area contributed by atoms with E-state index in [1.54, 1.807) is 0 Å². The molecule has 1 aliphatic heterocycles. The van der Waals surface area contributed by atoms with Crippen molar-refractivity contribution in [3.05, 3.63) is 36.2 Å². The van der Waals surface area contributed by atoms with Crippen LogP contribution in [0.3, 0.4) is 0 Å². The summed E-state index contributed by atoms with van der Waals surface area (Å²) in [7, 11) is 0. The Morgan fingerprint density at radius 2 is 1.59 bits per heavy atom. The van der Waals surface area contributed by atoms with E-state index in [4.69, 9.17) is 9.84 Å². The van der Waals surface area contributed by atoms with Crippen molar-refractivity contribution in [1.29, 1.82) is 0 Å². The number of carbonyl (C=O) groups is 1. The number of carboxylic acids is 1. The van der Waals surface area contributed by atoms with Gasteiger partial charge in [-0.1, -0.05) is 70.4 Å². The second-order valence-electron chi connectivity index (χ2n) is 8.08. The van der Waals surface area contributed by atoms with Crippen molar-refractivity contribution in [1.82, 2.24) is 5.32 Å². The van der Waals surface area contributed by atoms with Crippen LogP contribution in [0.1, 0.15) is 96.8 Å². The smallest absolute Gasteiger partial charge is 0.303 e. The zero-order chi connectivity index (χ0) is 21.0. The molecule has 0 bridgehead atoms. The molecule has 4 nitrogen and oxygen atoms in total. The lowest BCUT2D eigenvalue weighted by Crippen LogP contribution is -2.16. The monoisotopic (exact) mass is 405 g/mol. The molecular weight excluding hydrogens is 362 g/mol. The first-order valence-corrected chi connectivity index (χ1v) is 11.8. The Hall–Kier alpha value is -1.55. The molecule has 0 saturated carbocycles. The van der Waals surface area contributed by atoms with Crippen molar-refractivity contribution in [3.8, 4) is 0 Å². The zero-order valence-electron chi connectivity index (χ0n) is 18.5. The van der Waals surface area contributed by atoms with Crippen LogP contribution in [0.4, 0.5) is 0 Å². The van der Waals surface area contributed by atoms with Gasteiger partial charge >= 0.3 is 5.97 Å². The van der Waals surface area contributed by atoms with Crippen LogP contribution in [0, 0.1) is 5.92 Å². The summed E-state index contributed by atoms with van der Waals surface area (Å²) in [6.07, 6.45) is 25.9. The van der Waals surface area contributed by atoms with Crippen LogP contribution in [0.2, 0.25) is 0 Å². The number of allylic oxidation sites excluding steroid dienone is 5. The molecule has 1 atom stereocenters. The highest BCUT2D eigenvalue weighted by Gasteiger charge is 2.14. The van der Waals surface area contributed by atoms with Gasteiger partial charge in [0.15, 0.2) is 0 Å². The maximum absolute atomic E-state index is 10.7. The topological polar surface area (TPSA) is 58.6 Å². The molecule has 1 rings (SSSR count). The molecule has 4 heteroatoms. The number of ether oxygens (including phenoxy) is 1. The highest BCUT2D eigenvalue weighted by molar-refractivity contribution is 5.66. The van der Waals surface area contributed by atoms with Crippen LogP contribution in [0.25, 0.3) is 0 Å². The predicted molar refractivity (Wildman–Crippen MR) is 122 cm³/mol. The molecule has 166 valence electrons. The molecule has 1 unspecified atom stereocenters. The Balaban J connectivity index is 2.18. The minimum Gasteiger partial charge on any atom is -0.481 e. The van der Waals surface area contributed by atoms with E-state index in [0.29, 0.717) is 5.92 Å². The molecule has 0 radical (unpaired) electrons. The molecule has 0 aliphatic carbocycles. The van der Waals surface area contributed by atoms with Gasteiger partial charge in [-0.15, -0.1) is 0 Å². The minimum atomic E-state index is -0.692. The summed E-state index contributed by atoms with van der Waals surface area (Å²) < 4.78 is 5.86. The van der Waals surface area contributed by atoms with Gasteiger partial charge in [-0.05, 0) is 50.2 Å². The van der Waals surface area contributed by atoms with E-state index >= 15 is 0 Å². The van der Waals surface area contributed by atoms with Crippen LogP contribution >= 0.6 is 0 Å². The van der Waals surface area contributed by atoms with E-state index < -0.39 is 5.97 Å². The molecule has 0 saturated heterocycles. The van der Waals surface area contributed by atoms with Gasteiger partial charge in [0.1, 0.15) is 0 Å². The molecule has 0 aromatic heterocycles. The average Bonchev–Trinajstić information content (AvgIpc) is 2.99. The highest BCUT2D eigenvalue weighted by atomic mass is 16.5. The third-order valence-corrected chi connectivity index (χ3v) is 5.46. The van der Waals surface area contributed by atoms with Crippen LogP contribution in [-0.2, 0) is 9.53 Å². The van der Waals surface area contributed by atoms with Crippen LogP contribution in [0.5, 0.6) is 0 Å². The summed E-state index contributed by atoms with van der Waals surface area (Å²) in [6.45, 7) is 3.98. The summed E-state index contributed by atoms with van der Waals surface area (Å²) in [5.74, 6) is -0.211. The van der Waals surface area contributed by atoms with Gasteiger partial charge in [0.25, 0.3) is 0 Å². The molecule has 2 N–H and O–H groups in total. The first-order valence-electron chi connectivity index (χ1n) is 11.8. The van der Waals surface area contributed by atoms with Gasteiger partial charge in [0.2, 0.25) is 0 Å². The molecule has 0 aromatic rings. The van der Waals surface area contributed by atoms with E-state index in [1.807, 2.05) is 18.4 Å². The Labute approximate surface area is 178 Å². The Kier molecular flexibility index (Phi) is 16.2. The SMILES string of the molecule is CCCCCCCCCOCCCC(CCCCCC(=O)O)C1=CC=CC=CN1. The lowest BCUT2D eigenvalue weighted by Gasteiger charge is -2.20. The van der Waals surface area contributed by atoms with E-state index in [0.717, 1.165) is 51.7 Å². The van der Waals surface area contributed by atoms with E-state index in [9.17, 15) is 4.79 Å². The standard InChI is InChI=1S/C25H43NO3/c1-2-3-4-5-6-7-14-21-29-22-15-17-23(16-10-8-12-19-25(27)28)24-18-11-9-13-20-26-24/h9,11,13,18,20,23,26H,2-8,10,12,14-17,19,21-22H2,1H3,(H,27,28). The van der Waals surface area contributed by atoms with Crippen LogP contribution in [0.15, 0.2) is 36.2 Å². The van der Waals surface area contributed by atoms with Crippen molar-refractivity contribution in [2.24, 2.45) is 5.92 Å². The number of carboxylic acid groups (broad SMARTS) is 1. The van der Waals surface area contributed by atoms with Crippen molar-refractivity contribution in [2.75, 3.05) is 13.2 Å². The number of hydrogen-bond donors (Lipinski definition) is 2. The maximum atomic E-state index is 10.7. The number of nitrogens with one attached hydrogen (secondary N) is 1. The lowest BCUT2D eigenvalue weighted by molar-refractivity contribution is -0.137. The van der Waals surface area contributed by atoms with E-state index in [1.165, 1.54) is 50.6 Å². The summed E-state index contributed by atoms with van der Waals surface area (Å²) >= 11 is 0. The average molecular weight is 406 g/mol. The van der Waals surface area contributed by atoms with Crippen molar-refractivity contribution in [3.63, 3.8) is 0 Å². The summed E-state index contributed by atoms with van der Waals surface area (Å²) in [4.78, 5) is 10.7. The first-order chi connectivity index (χ1) is 14.2. The van der Waals surface area contributed by atoms with Gasteiger partial charge in [0.05, 0.1) is 0 Å².